The van der Waals surface area contributed by atoms with E-state index in [0.29, 0.717) is 31.1 Å². The van der Waals surface area contributed by atoms with Crippen LogP contribution >= 0.6 is 28.1 Å². The molecule has 19 heavy (non-hydrogen) atoms. The maximum atomic E-state index is 12.2. The first-order valence-electron chi connectivity index (χ1n) is 5.99. The quantitative estimate of drug-likeness (QED) is 0.846. The Balaban J connectivity index is 1.96. The first-order valence-corrected chi connectivity index (χ1v) is 7.19. The van der Waals surface area contributed by atoms with Crippen LogP contribution < -0.4 is 5.73 Å². The zero-order valence-corrected chi connectivity index (χ0v) is 12.7. The molecule has 1 amide bonds. The van der Waals surface area contributed by atoms with Crippen LogP contribution in [0.15, 0.2) is 28.7 Å². The number of benzene rings is 1. The molecule has 0 bridgehead atoms. The van der Waals surface area contributed by atoms with Gasteiger partial charge in [-0.2, -0.15) is 0 Å². The van der Waals surface area contributed by atoms with Crippen molar-refractivity contribution < 1.29 is 9.53 Å². The summed E-state index contributed by atoms with van der Waals surface area (Å²) in [6, 6.07) is 7.74. The summed E-state index contributed by atoms with van der Waals surface area (Å²) >= 11 is 8.28. The summed E-state index contributed by atoms with van der Waals surface area (Å²) in [5, 5.41) is 0. The highest BCUT2D eigenvalue weighted by Crippen LogP contribution is 2.13. The predicted octanol–water partition coefficient (Wildman–Crippen LogP) is 1.51. The summed E-state index contributed by atoms with van der Waals surface area (Å²) in [6.45, 7) is 1.52. The Morgan fingerprint density at radius 1 is 1.47 bits per heavy atom. The zero-order valence-electron chi connectivity index (χ0n) is 10.3. The molecule has 0 spiro atoms. The van der Waals surface area contributed by atoms with E-state index in [1.807, 2.05) is 24.3 Å². The van der Waals surface area contributed by atoms with Crippen molar-refractivity contribution in [2.75, 3.05) is 19.7 Å². The van der Waals surface area contributed by atoms with Crippen molar-refractivity contribution in [2.24, 2.45) is 5.73 Å². The maximum absolute atomic E-state index is 12.2. The molecule has 1 heterocycles. The second kappa shape index (κ2) is 6.45. The standard InChI is InChI=1S/C13H15BrN2O2S/c14-10-3-1-9(2-4-10)7-12(17)16-5-6-18-11(8-16)13(15)19/h1-4,11H,5-8H2,(H2,15,19). The molecule has 102 valence electrons. The van der Waals surface area contributed by atoms with Gasteiger partial charge in [0.15, 0.2) is 0 Å². The second-order valence-corrected chi connectivity index (χ2v) is 5.79. The first-order chi connectivity index (χ1) is 9.06. The highest BCUT2D eigenvalue weighted by atomic mass is 79.9. The number of nitrogens with zero attached hydrogens (tertiary/aromatic N) is 1. The molecule has 0 aromatic heterocycles. The van der Waals surface area contributed by atoms with Crippen LogP contribution in [0.3, 0.4) is 0 Å². The monoisotopic (exact) mass is 342 g/mol. The van der Waals surface area contributed by atoms with Crippen LogP contribution in [0.5, 0.6) is 0 Å². The van der Waals surface area contributed by atoms with E-state index < -0.39 is 0 Å². The van der Waals surface area contributed by atoms with E-state index in [9.17, 15) is 4.79 Å². The van der Waals surface area contributed by atoms with E-state index in [-0.39, 0.29) is 12.0 Å². The lowest BCUT2D eigenvalue weighted by atomic mass is 10.1. The molecule has 0 aliphatic carbocycles. The van der Waals surface area contributed by atoms with Crippen LogP contribution in [-0.2, 0) is 16.0 Å². The predicted molar refractivity (Wildman–Crippen MR) is 81.0 cm³/mol. The SMILES string of the molecule is NC(=S)C1CN(C(=O)Cc2ccc(Br)cc2)CCO1. The highest BCUT2D eigenvalue weighted by molar-refractivity contribution is 9.10. The number of thiocarbonyl (C=S) groups is 1. The van der Waals surface area contributed by atoms with Crippen LogP contribution in [-0.4, -0.2) is 41.6 Å². The average Bonchev–Trinajstić information content (AvgIpc) is 2.41. The molecule has 1 aromatic carbocycles. The lowest BCUT2D eigenvalue weighted by molar-refractivity contribution is -0.135. The molecule has 1 saturated heterocycles. The maximum Gasteiger partial charge on any atom is 0.227 e. The molecular weight excluding hydrogens is 328 g/mol. The number of ether oxygens (including phenoxy) is 1. The van der Waals surface area contributed by atoms with Crippen molar-refractivity contribution in [3.8, 4) is 0 Å². The minimum Gasteiger partial charge on any atom is -0.391 e. The molecule has 6 heteroatoms. The molecule has 1 aliphatic heterocycles. The Bertz CT molecular complexity index is 478. The molecule has 4 nitrogen and oxygen atoms in total. The van der Waals surface area contributed by atoms with E-state index in [4.69, 9.17) is 22.7 Å². The second-order valence-electron chi connectivity index (χ2n) is 4.40. The fourth-order valence-electron chi connectivity index (χ4n) is 1.94. The van der Waals surface area contributed by atoms with Crippen LogP contribution in [0.4, 0.5) is 0 Å². The normalized spacial score (nSPS) is 19.2. The number of halogens is 1. The molecule has 1 aliphatic rings. The Morgan fingerprint density at radius 2 is 2.16 bits per heavy atom. The lowest BCUT2D eigenvalue weighted by Crippen LogP contribution is -2.50. The largest absolute Gasteiger partial charge is 0.391 e. The van der Waals surface area contributed by atoms with Crippen molar-refractivity contribution in [3.63, 3.8) is 0 Å². The van der Waals surface area contributed by atoms with Gasteiger partial charge in [0.05, 0.1) is 19.6 Å². The van der Waals surface area contributed by atoms with E-state index in [2.05, 4.69) is 15.9 Å². The summed E-state index contributed by atoms with van der Waals surface area (Å²) < 4.78 is 6.42. The minimum atomic E-state index is -0.322. The van der Waals surface area contributed by atoms with E-state index in [0.717, 1.165) is 10.0 Å². The van der Waals surface area contributed by atoms with Crippen molar-refractivity contribution in [2.45, 2.75) is 12.5 Å². The van der Waals surface area contributed by atoms with Gasteiger partial charge >= 0.3 is 0 Å². The lowest BCUT2D eigenvalue weighted by Gasteiger charge is -2.32. The number of amides is 1. The highest BCUT2D eigenvalue weighted by Gasteiger charge is 2.25. The van der Waals surface area contributed by atoms with Gasteiger partial charge in [0.2, 0.25) is 5.91 Å². The third kappa shape index (κ3) is 3.99. The summed E-state index contributed by atoms with van der Waals surface area (Å²) in [7, 11) is 0. The number of rotatable bonds is 3. The molecule has 2 rings (SSSR count). The Labute approximate surface area is 126 Å². The van der Waals surface area contributed by atoms with Crippen LogP contribution in [0.25, 0.3) is 0 Å². The molecule has 1 unspecified atom stereocenters. The topological polar surface area (TPSA) is 55.6 Å². The number of hydrogen-bond acceptors (Lipinski definition) is 3. The molecule has 1 atom stereocenters. The van der Waals surface area contributed by atoms with Crippen molar-refractivity contribution in [1.29, 1.82) is 0 Å². The van der Waals surface area contributed by atoms with Gasteiger partial charge in [-0.15, -0.1) is 0 Å². The van der Waals surface area contributed by atoms with Gasteiger partial charge in [0, 0.05) is 11.0 Å². The molecule has 0 saturated carbocycles. The van der Waals surface area contributed by atoms with Crippen molar-refractivity contribution in [3.05, 3.63) is 34.3 Å². The van der Waals surface area contributed by atoms with Gasteiger partial charge in [0.25, 0.3) is 0 Å². The van der Waals surface area contributed by atoms with Crippen LogP contribution in [0.1, 0.15) is 5.56 Å². The summed E-state index contributed by atoms with van der Waals surface area (Å²) in [4.78, 5) is 14.3. The van der Waals surface area contributed by atoms with Gasteiger partial charge in [-0.25, -0.2) is 0 Å². The number of nitrogens with two attached hydrogens (primary N) is 1. The fourth-order valence-corrected chi connectivity index (χ4v) is 2.34. The number of carbonyl (C=O) groups is 1. The van der Waals surface area contributed by atoms with Gasteiger partial charge < -0.3 is 15.4 Å². The molecule has 2 N–H and O–H groups in total. The molecular formula is C13H15BrN2O2S. The minimum absolute atomic E-state index is 0.0758. The van der Waals surface area contributed by atoms with Gasteiger partial charge in [-0.05, 0) is 17.7 Å². The van der Waals surface area contributed by atoms with E-state index >= 15 is 0 Å². The third-order valence-electron chi connectivity index (χ3n) is 3.01. The molecule has 1 fully saturated rings. The summed E-state index contributed by atoms with van der Waals surface area (Å²) in [6.07, 6.45) is 0.0646. The number of morpholine rings is 1. The molecule has 1 aromatic rings. The van der Waals surface area contributed by atoms with Gasteiger partial charge in [0.1, 0.15) is 11.1 Å². The smallest absolute Gasteiger partial charge is 0.227 e. The molecule has 0 radical (unpaired) electrons. The third-order valence-corrected chi connectivity index (χ3v) is 3.80. The van der Waals surface area contributed by atoms with Crippen molar-refractivity contribution >= 4 is 39.0 Å². The summed E-state index contributed by atoms with van der Waals surface area (Å²) in [5.41, 5.74) is 6.55. The zero-order chi connectivity index (χ0) is 13.8. The van der Waals surface area contributed by atoms with E-state index in [1.165, 1.54) is 0 Å². The van der Waals surface area contributed by atoms with Crippen LogP contribution in [0.2, 0.25) is 0 Å². The van der Waals surface area contributed by atoms with E-state index in [1.54, 1.807) is 4.90 Å². The van der Waals surface area contributed by atoms with Gasteiger partial charge in [-0.3, -0.25) is 4.79 Å². The number of carbonyl (C=O) groups excluding carboxylic acids is 1. The fraction of sp³-hybridized carbons (Fsp3) is 0.385. The van der Waals surface area contributed by atoms with Gasteiger partial charge in [-0.1, -0.05) is 40.3 Å². The Kier molecular flexibility index (Phi) is 4.90. The number of hydrogen-bond donors (Lipinski definition) is 1. The van der Waals surface area contributed by atoms with Crippen molar-refractivity contribution in [1.82, 2.24) is 4.90 Å². The van der Waals surface area contributed by atoms with Crippen LogP contribution in [0, 0.1) is 0 Å². The Hall–Kier alpha value is -0.980. The Morgan fingerprint density at radius 3 is 2.79 bits per heavy atom. The summed E-state index contributed by atoms with van der Waals surface area (Å²) in [5.74, 6) is 0.0758. The average molecular weight is 343 g/mol. The first kappa shape index (κ1) is 14.4.